The average molecular weight is 595 g/mol. The van der Waals surface area contributed by atoms with Gasteiger partial charge in [-0.1, -0.05) is 36.4 Å². The summed E-state index contributed by atoms with van der Waals surface area (Å²) in [6, 6.07) is 7.35. The predicted octanol–water partition coefficient (Wildman–Crippen LogP) is 5.65. The van der Waals surface area contributed by atoms with Gasteiger partial charge in [0.1, 0.15) is 11.7 Å². The number of amides is 1. The van der Waals surface area contributed by atoms with E-state index in [2.05, 4.69) is 16.9 Å². The normalized spacial score (nSPS) is 17.6. The number of aliphatic hydroxyl groups is 1. The van der Waals surface area contributed by atoms with Crippen LogP contribution in [0.4, 0.5) is 25.8 Å². The minimum atomic E-state index is -0.974. The lowest BCUT2D eigenvalue weighted by Gasteiger charge is -2.45. The van der Waals surface area contributed by atoms with Crippen LogP contribution in [0, 0.1) is 24.0 Å². The molecule has 0 radical (unpaired) electrons. The molecule has 0 aliphatic carbocycles. The molecule has 1 saturated heterocycles. The topological polar surface area (TPSA) is 95.8 Å². The number of aryl methyl sites for hydroxylation is 1. The molecule has 3 aromatic rings. The molecule has 2 unspecified atom stereocenters. The Morgan fingerprint density at radius 3 is 2.64 bits per heavy atom. The van der Waals surface area contributed by atoms with E-state index < -0.39 is 17.7 Å². The van der Waals surface area contributed by atoms with Crippen molar-refractivity contribution < 1.29 is 18.7 Å². The van der Waals surface area contributed by atoms with Crippen molar-refractivity contribution in [2.45, 2.75) is 32.4 Å². The number of benzene rings is 2. The number of aromatic nitrogens is 1. The molecule has 1 amide bonds. The smallest absolute Gasteiger partial charge is 0.246 e. The quantitative estimate of drug-likeness (QED) is 0.331. The third-order valence-corrected chi connectivity index (χ3v) is 8.37. The highest BCUT2D eigenvalue weighted by molar-refractivity contribution is 6.37. The van der Waals surface area contributed by atoms with Crippen LogP contribution < -0.4 is 10.2 Å². The Balaban J connectivity index is 1.77. The number of anilines is 3. The van der Waals surface area contributed by atoms with Gasteiger partial charge in [-0.3, -0.25) is 15.2 Å². The summed E-state index contributed by atoms with van der Waals surface area (Å²) in [6.07, 6.45) is 2.46. The zero-order valence-electron chi connectivity index (χ0n) is 23.7. The Bertz CT molecular complexity index is 1580. The van der Waals surface area contributed by atoms with Crippen molar-refractivity contribution in [3.63, 3.8) is 0 Å². The highest BCUT2D eigenvalue weighted by Gasteiger charge is 2.38. The van der Waals surface area contributed by atoms with E-state index in [-0.39, 0.29) is 45.2 Å². The SMILES string of the molecule is C=CC(=O)N1CCN2C(=N)c3c(Nc4c(C)ccnc4C(C)O)c(F)c(-c4ccccc4F)c(Cl)c3N(C)CCC2C1. The van der Waals surface area contributed by atoms with Crippen molar-refractivity contribution >= 4 is 40.4 Å². The summed E-state index contributed by atoms with van der Waals surface area (Å²) in [6.45, 7) is 8.54. The van der Waals surface area contributed by atoms with E-state index in [1.165, 1.54) is 24.3 Å². The molecule has 2 aliphatic heterocycles. The van der Waals surface area contributed by atoms with Crippen LogP contribution in [0.2, 0.25) is 5.02 Å². The number of hydrogen-bond donors (Lipinski definition) is 3. The maximum Gasteiger partial charge on any atom is 0.246 e. The first-order valence-electron chi connectivity index (χ1n) is 13.7. The minimum absolute atomic E-state index is 0.0111. The van der Waals surface area contributed by atoms with Crippen molar-refractivity contribution in [3.05, 3.63) is 82.7 Å². The lowest BCUT2D eigenvalue weighted by molar-refractivity contribution is -0.128. The van der Waals surface area contributed by atoms with Gasteiger partial charge < -0.3 is 25.1 Å². The number of piperazine rings is 1. The lowest BCUT2D eigenvalue weighted by Crippen LogP contribution is -2.57. The van der Waals surface area contributed by atoms with Gasteiger partial charge in [0.05, 0.1) is 39.4 Å². The number of carbonyl (C=O) groups is 1. The third kappa shape index (κ3) is 5.09. The van der Waals surface area contributed by atoms with Gasteiger partial charge in [-0.25, -0.2) is 8.78 Å². The number of nitrogens with one attached hydrogen (secondary N) is 2. The Morgan fingerprint density at radius 2 is 1.95 bits per heavy atom. The van der Waals surface area contributed by atoms with Crippen molar-refractivity contribution in [2.24, 2.45) is 0 Å². The summed E-state index contributed by atoms with van der Waals surface area (Å²) < 4.78 is 32.1. The second-order valence-corrected chi connectivity index (χ2v) is 11.0. The lowest BCUT2D eigenvalue weighted by atomic mass is 9.94. The molecule has 0 bridgehead atoms. The fourth-order valence-electron chi connectivity index (χ4n) is 5.79. The van der Waals surface area contributed by atoms with Crippen LogP contribution in [0.5, 0.6) is 0 Å². The molecule has 2 aromatic carbocycles. The van der Waals surface area contributed by atoms with E-state index >= 15 is 8.78 Å². The molecule has 1 aromatic heterocycles. The van der Waals surface area contributed by atoms with Gasteiger partial charge in [0.15, 0.2) is 5.82 Å². The summed E-state index contributed by atoms with van der Waals surface area (Å²) in [7, 11) is 1.80. The summed E-state index contributed by atoms with van der Waals surface area (Å²) in [5.74, 6) is -1.63. The summed E-state index contributed by atoms with van der Waals surface area (Å²) in [5, 5.41) is 23.0. The molecule has 11 heteroatoms. The van der Waals surface area contributed by atoms with Crippen LogP contribution in [-0.4, -0.2) is 70.9 Å². The number of amidine groups is 1. The van der Waals surface area contributed by atoms with Crippen molar-refractivity contribution in [3.8, 4) is 11.1 Å². The van der Waals surface area contributed by atoms with E-state index in [9.17, 15) is 15.3 Å². The van der Waals surface area contributed by atoms with Gasteiger partial charge in [0, 0.05) is 56.6 Å². The molecule has 1 fully saturated rings. The van der Waals surface area contributed by atoms with Crippen LogP contribution in [0.3, 0.4) is 0 Å². The molecule has 5 rings (SSSR count). The molecule has 0 saturated carbocycles. The van der Waals surface area contributed by atoms with Crippen LogP contribution in [-0.2, 0) is 4.79 Å². The molecule has 220 valence electrons. The third-order valence-electron chi connectivity index (χ3n) is 8.00. The summed E-state index contributed by atoms with van der Waals surface area (Å²) in [5.41, 5.74) is 1.73. The Hall–Kier alpha value is -4.02. The molecule has 2 atom stereocenters. The van der Waals surface area contributed by atoms with Crippen molar-refractivity contribution in [1.82, 2.24) is 14.8 Å². The van der Waals surface area contributed by atoms with E-state index in [4.69, 9.17) is 11.6 Å². The number of hydrogen-bond acceptors (Lipinski definition) is 6. The molecule has 3 N–H and O–H groups in total. The molecule has 0 spiro atoms. The van der Waals surface area contributed by atoms with E-state index in [0.29, 0.717) is 55.2 Å². The first-order valence-corrected chi connectivity index (χ1v) is 14.1. The van der Waals surface area contributed by atoms with E-state index in [1.807, 2.05) is 9.80 Å². The average Bonchev–Trinajstić information content (AvgIpc) is 2.97. The zero-order chi connectivity index (χ0) is 30.3. The number of rotatable bonds is 5. The zero-order valence-corrected chi connectivity index (χ0v) is 24.5. The van der Waals surface area contributed by atoms with Gasteiger partial charge in [-0.15, -0.1) is 0 Å². The van der Waals surface area contributed by atoms with Crippen molar-refractivity contribution in [2.75, 3.05) is 43.4 Å². The highest BCUT2D eigenvalue weighted by atomic mass is 35.5. The molecular weight excluding hydrogens is 562 g/mol. The number of nitrogens with zero attached hydrogens (tertiary/aromatic N) is 4. The summed E-state index contributed by atoms with van der Waals surface area (Å²) in [4.78, 5) is 22.1. The van der Waals surface area contributed by atoms with Gasteiger partial charge in [0.25, 0.3) is 0 Å². The minimum Gasteiger partial charge on any atom is -0.387 e. The fourth-order valence-corrected chi connectivity index (χ4v) is 6.22. The number of aliphatic hydroxyl groups excluding tert-OH is 1. The van der Waals surface area contributed by atoms with Crippen LogP contribution in [0.1, 0.15) is 36.3 Å². The molecule has 42 heavy (non-hydrogen) atoms. The van der Waals surface area contributed by atoms with Gasteiger partial charge in [-0.2, -0.15) is 0 Å². The van der Waals surface area contributed by atoms with Crippen LogP contribution in [0.15, 0.2) is 49.2 Å². The Labute approximate surface area is 248 Å². The molecular formula is C31H33ClF2N6O2. The number of pyridine rings is 1. The number of fused-ring (bicyclic) bond motifs is 2. The summed E-state index contributed by atoms with van der Waals surface area (Å²) >= 11 is 6.96. The number of carbonyl (C=O) groups excluding carboxylic acids is 1. The molecule has 8 nitrogen and oxygen atoms in total. The Kier molecular flexibility index (Phi) is 8.21. The maximum absolute atomic E-state index is 16.9. The van der Waals surface area contributed by atoms with E-state index in [1.54, 1.807) is 44.1 Å². The largest absolute Gasteiger partial charge is 0.387 e. The first kappa shape index (κ1) is 29.5. The van der Waals surface area contributed by atoms with Gasteiger partial charge in [-0.05, 0) is 44.0 Å². The van der Waals surface area contributed by atoms with Gasteiger partial charge in [0.2, 0.25) is 5.91 Å². The monoisotopic (exact) mass is 594 g/mol. The van der Waals surface area contributed by atoms with E-state index in [0.717, 1.165) is 0 Å². The second-order valence-electron chi connectivity index (χ2n) is 10.7. The van der Waals surface area contributed by atoms with Gasteiger partial charge >= 0.3 is 0 Å². The standard InChI is InChI=1S/C31H33ClF2N6O2/c1-5-22(42)39-14-15-40-19(16-39)11-13-38(4)30-24(31(40)35)29(37-27-17(2)10-12-36-28(27)18(3)41)26(34)23(25(30)32)20-8-6-7-9-21(20)33/h5-10,12,18-19,35,37,41H,1,11,13-16H2,2-4H3. The van der Waals surface area contributed by atoms with Crippen LogP contribution >= 0.6 is 11.6 Å². The number of halogens is 3. The fraction of sp³-hybridized carbons (Fsp3) is 0.323. The van der Waals surface area contributed by atoms with Crippen molar-refractivity contribution in [1.29, 1.82) is 5.41 Å². The second kappa shape index (κ2) is 11.7. The predicted molar refractivity (Wildman–Crippen MR) is 162 cm³/mol. The molecule has 2 aliphatic rings. The maximum atomic E-state index is 16.9. The molecule has 3 heterocycles. The highest BCUT2D eigenvalue weighted by Crippen LogP contribution is 2.48. The van der Waals surface area contributed by atoms with Crippen LogP contribution in [0.25, 0.3) is 11.1 Å². The Morgan fingerprint density at radius 1 is 1.21 bits per heavy atom. The first-order chi connectivity index (χ1) is 20.0.